The van der Waals surface area contributed by atoms with Crippen molar-refractivity contribution in [1.29, 1.82) is 0 Å². The summed E-state index contributed by atoms with van der Waals surface area (Å²) in [5, 5.41) is 6.16. The summed E-state index contributed by atoms with van der Waals surface area (Å²) in [7, 11) is -2.22. The summed E-state index contributed by atoms with van der Waals surface area (Å²) in [6.45, 7) is 0. The monoisotopic (exact) mass is 438 g/mol. The second kappa shape index (κ2) is 6.98. The van der Waals surface area contributed by atoms with E-state index in [1.54, 1.807) is 10.4 Å². The Morgan fingerprint density at radius 3 is 1.41 bits per heavy atom. The van der Waals surface area contributed by atoms with Gasteiger partial charge in [-0.05, 0) is 45.4 Å². The molecule has 0 aliphatic carbocycles. The Bertz CT molecular complexity index is 1010. The number of hydrogen-bond acceptors (Lipinski definition) is 4. The lowest BCUT2D eigenvalue weighted by molar-refractivity contribution is 1.69. The van der Waals surface area contributed by atoms with Gasteiger partial charge >= 0.3 is 0 Å². The van der Waals surface area contributed by atoms with Crippen molar-refractivity contribution in [3.8, 4) is 9.75 Å². The van der Waals surface area contributed by atoms with Crippen LogP contribution in [0.15, 0.2) is 81.2 Å². The smallest absolute Gasteiger partial charge is 0.128 e. The van der Waals surface area contributed by atoms with Gasteiger partial charge in [-0.2, -0.15) is 0 Å². The molecule has 0 atom stereocenters. The predicted octanol–water partition coefficient (Wildman–Crippen LogP) is 4.61. The average molecular weight is 439 g/mol. The molecule has 2 aromatic carbocycles. The maximum absolute atomic E-state index is 2.49. The van der Waals surface area contributed by atoms with Crippen molar-refractivity contribution in [2.45, 2.75) is 8.42 Å². The van der Waals surface area contributed by atoms with Gasteiger partial charge in [-0.3, -0.25) is 0 Å². The van der Waals surface area contributed by atoms with Gasteiger partial charge in [-0.25, -0.2) is 0 Å². The Morgan fingerprint density at radius 2 is 1.04 bits per heavy atom. The van der Waals surface area contributed by atoms with Crippen molar-refractivity contribution >= 4 is 75.0 Å². The third kappa shape index (κ3) is 2.56. The van der Waals surface area contributed by atoms with Crippen LogP contribution in [0.1, 0.15) is 0 Å². The molecule has 2 aromatic heterocycles. The summed E-state index contributed by atoms with van der Waals surface area (Å²) < 4.78 is 2.85. The molecule has 0 unspecified atom stereocenters. The van der Waals surface area contributed by atoms with Crippen LogP contribution < -0.4 is 20.7 Å². The first-order chi connectivity index (χ1) is 13.3. The fourth-order valence-corrected chi connectivity index (χ4v) is 14.3. The molecule has 5 heteroatoms. The molecule has 0 nitrogen and oxygen atoms in total. The van der Waals surface area contributed by atoms with E-state index in [4.69, 9.17) is 0 Å². The summed E-state index contributed by atoms with van der Waals surface area (Å²) in [6, 6.07) is 27.5. The molecular weight excluding hydrogens is 421 g/mol. The molecule has 0 fully saturated rings. The van der Waals surface area contributed by atoms with Crippen LogP contribution in [0.5, 0.6) is 0 Å². The Balaban J connectivity index is 1.93. The zero-order valence-electron chi connectivity index (χ0n) is 15.1. The second-order valence-electron chi connectivity index (χ2n) is 6.51. The van der Waals surface area contributed by atoms with Gasteiger partial charge < -0.3 is 0 Å². The van der Waals surface area contributed by atoms with Gasteiger partial charge in [-0.15, -0.1) is 46.2 Å². The van der Waals surface area contributed by atoms with E-state index in [0.717, 1.165) is 0 Å². The molecule has 27 heavy (non-hydrogen) atoms. The van der Waals surface area contributed by atoms with Crippen molar-refractivity contribution in [3.63, 3.8) is 0 Å². The predicted molar refractivity (Wildman–Crippen MR) is 128 cm³/mol. The summed E-state index contributed by atoms with van der Waals surface area (Å²) in [5.41, 5.74) is 0. The first kappa shape index (κ1) is 17.8. The molecule has 0 amide bonds. The molecule has 0 radical (unpaired) electrons. The van der Waals surface area contributed by atoms with E-state index in [2.05, 4.69) is 85.3 Å². The Morgan fingerprint density at radius 1 is 0.630 bits per heavy atom. The molecule has 0 bridgehead atoms. The fourth-order valence-electron chi connectivity index (χ4n) is 4.14. The maximum Gasteiger partial charge on any atom is 0.182 e. The Hall–Kier alpha value is -1.24. The lowest BCUT2D eigenvalue weighted by Crippen LogP contribution is -2.72. The number of rotatable bonds is 4. The molecule has 5 rings (SSSR count). The van der Waals surface area contributed by atoms with Crippen molar-refractivity contribution < 1.29 is 0 Å². The van der Waals surface area contributed by atoms with Gasteiger partial charge in [0.05, 0.1) is 8.42 Å². The highest BCUT2D eigenvalue weighted by Crippen LogP contribution is 2.43. The fraction of sp³-hybridized carbons (Fsp3) is 0.0909. The molecule has 1 aliphatic rings. The number of benzene rings is 2. The highest BCUT2D eigenvalue weighted by atomic mass is 32.2. The zero-order chi connectivity index (χ0) is 18.4. The van der Waals surface area contributed by atoms with Gasteiger partial charge in [0.2, 0.25) is 0 Å². The maximum atomic E-state index is 2.49. The molecular formula is C22H18S4Si. The summed E-state index contributed by atoms with van der Waals surface area (Å²) in [5.74, 6) is 0. The van der Waals surface area contributed by atoms with Gasteiger partial charge in [-0.1, -0.05) is 60.7 Å². The van der Waals surface area contributed by atoms with Crippen molar-refractivity contribution in [2.24, 2.45) is 0 Å². The van der Waals surface area contributed by atoms with Gasteiger partial charge in [0.15, 0.2) is 8.07 Å². The van der Waals surface area contributed by atoms with Crippen molar-refractivity contribution in [3.05, 3.63) is 72.8 Å². The lowest BCUT2D eigenvalue weighted by atomic mass is 10.4. The number of thiophene rings is 2. The van der Waals surface area contributed by atoms with E-state index in [1.165, 1.54) is 28.5 Å². The first-order valence-corrected chi connectivity index (χ1v) is 14.8. The summed E-state index contributed by atoms with van der Waals surface area (Å²) in [4.78, 5) is 3.03. The normalized spacial score (nSPS) is 14.1. The van der Waals surface area contributed by atoms with Crippen LogP contribution >= 0.6 is 46.2 Å². The summed E-state index contributed by atoms with van der Waals surface area (Å²) in [6.07, 6.45) is 4.38. The van der Waals surface area contributed by atoms with Crippen LogP contribution in [-0.4, -0.2) is 20.6 Å². The topological polar surface area (TPSA) is 0 Å². The largest absolute Gasteiger partial charge is 0.182 e. The SMILES string of the molecule is CSc1cc2c(s1)-c1sc(SC)cc1[Si]2(c1ccccc1)c1ccccc1. The minimum atomic E-state index is -2.22. The standard InChI is InChI=1S/C22H18S4Si/c1-23-19-13-17-21(25-19)22-18(14-20(24-2)26-22)27(17,15-9-5-3-6-10-15)16-11-7-4-8-12-16/h3-14H,1-2H3. The number of hydrogen-bond donors (Lipinski definition) is 0. The minimum absolute atomic E-state index is 1.42. The molecule has 0 saturated heterocycles. The van der Waals surface area contributed by atoms with Crippen molar-refractivity contribution in [1.82, 2.24) is 0 Å². The van der Waals surface area contributed by atoms with E-state index < -0.39 is 8.07 Å². The Kier molecular flexibility index (Phi) is 4.61. The van der Waals surface area contributed by atoms with Gasteiger partial charge in [0, 0.05) is 9.75 Å². The minimum Gasteiger partial charge on any atom is -0.128 e. The highest BCUT2D eigenvalue weighted by molar-refractivity contribution is 8.01. The van der Waals surface area contributed by atoms with E-state index in [9.17, 15) is 0 Å². The first-order valence-electron chi connectivity index (χ1n) is 8.77. The highest BCUT2D eigenvalue weighted by Gasteiger charge is 2.51. The molecule has 0 spiro atoms. The quantitative estimate of drug-likeness (QED) is 0.297. The summed E-state index contributed by atoms with van der Waals surface area (Å²) >= 11 is 7.70. The molecule has 3 heterocycles. The third-order valence-corrected chi connectivity index (χ3v) is 15.0. The van der Waals surface area contributed by atoms with E-state index >= 15 is 0 Å². The van der Waals surface area contributed by atoms with Crippen LogP contribution in [0, 0.1) is 0 Å². The zero-order valence-corrected chi connectivity index (χ0v) is 19.3. The Labute approximate surface area is 177 Å². The second-order valence-corrected chi connectivity index (χ2v) is 14.6. The number of fused-ring (bicyclic) bond motifs is 3. The van der Waals surface area contributed by atoms with Crippen LogP contribution in [0.4, 0.5) is 0 Å². The average Bonchev–Trinajstić information content (AvgIpc) is 3.39. The molecule has 134 valence electrons. The third-order valence-electron chi connectivity index (χ3n) is 5.25. The van der Waals surface area contributed by atoms with Crippen molar-refractivity contribution in [2.75, 3.05) is 12.5 Å². The van der Waals surface area contributed by atoms with Crippen LogP contribution in [0.2, 0.25) is 0 Å². The van der Waals surface area contributed by atoms with Crippen LogP contribution in [0.3, 0.4) is 0 Å². The van der Waals surface area contributed by atoms with Crippen LogP contribution in [0.25, 0.3) is 9.75 Å². The molecule has 4 aromatic rings. The van der Waals surface area contributed by atoms with Crippen LogP contribution in [-0.2, 0) is 0 Å². The van der Waals surface area contributed by atoms with E-state index in [1.807, 2.05) is 46.2 Å². The molecule has 1 aliphatic heterocycles. The lowest BCUT2D eigenvalue weighted by Gasteiger charge is -2.29. The van der Waals surface area contributed by atoms with E-state index in [0.29, 0.717) is 0 Å². The van der Waals surface area contributed by atoms with E-state index in [-0.39, 0.29) is 0 Å². The molecule has 0 N–H and O–H groups in total. The number of thioether (sulfide) groups is 2. The van der Waals surface area contributed by atoms with Gasteiger partial charge in [0.25, 0.3) is 0 Å². The molecule has 0 saturated carbocycles. The van der Waals surface area contributed by atoms with Gasteiger partial charge in [0.1, 0.15) is 0 Å².